The van der Waals surface area contributed by atoms with Gasteiger partial charge in [-0.25, -0.2) is 4.99 Å². The number of hydrogen-bond donors (Lipinski definition) is 0. The molecule has 2 aromatic rings. The minimum atomic E-state index is 0.835. The molecule has 3 nitrogen and oxygen atoms in total. The van der Waals surface area contributed by atoms with Gasteiger partial charge in [-0.2, -0.15) is 0 Å². The van der Waals surface area contributed by atoms with Crippen LogP contribution in [0, 0.1) is 11.8 Å². The minimum Gasteiger partial charge on any atom is -0.497 e. The first-order valence-electron chi connectivity index (χ1n) is 7.90. The van der Waals surface area contributed by atoms with Crippen molar-refractivity contribution in [2.75, 3.05) is 20.2 Å². The minimum absolute atomic E-state index is 0.835. The molecule has 1 aliphatic rings. The number of methoxy groups -OCH3 is 1. The van der Waals surface area contributed by atoms with Gasteiger partial charge in [-0.05, 0) is 55.2 Å². The molecule has 1 aliphatic heterocycles. The van der Waals surface area contributed by atoms with Crippen molar-refractivity contribution >= 4 is 11.5 Å². The Hall–Kier alpha value is -2.73. The SMILES string of the molecule is COc1ccc(N=C(C#Cc2ccccc2)N2CCCC2)cc1. The van der Waals surface area contributed by atoms with Crippen molar-refractivity contribution in [3.8, 4) is 17.6 Å². The van der Waals surface area contributed by atoms with Gasteiger partial charge < -0.3 is 9.64 Å². The van der Waals surface area contributed by atoms with Crippen LogP contribution in [0.5, 0.6) is 5.75 Å². The fourth-order valence-electron chi connectivity index (χ4n) is 2.54. The predicted molar refractivity (Wildman–Crippen MR) is 94.2 cm³/mol. The van der Waals surface area contributed by atoms with Gasteiger partial charge in [0.15, 0.2) is 5.84 Å². The summed E-state index contributed by atoms with van der Waals surface area (Å²) >= 11 is 0. The van der Waals surface area contributed by atoms with E-state index in [-0.39, 0.29) is 0 Å². The molecule has 0 aromatic heterocycles. The van der Waals surface area contributed by atoms with Crippen molar-refractivity contribution < 1.29 is 4.74 Å². The number of amidine groups is 1. The third-order valence-corrected chi connectivity index (χ3v) is 3.81. The van der Waals surface area contributed by atoms with E-state index in [0.717, 1.165) is 35.9 Å². The smallest absolute Gasteiger partial charge is 0.182 e. The summed E-state index contributed by atoms with van der Waals surface area (Å²) < 4.78 is 5.19. The highest BCUT2D eigenvalue weighted by molar-refractivity contribution is 6.00. The van der Waals surface area contributed by atoms with E-state index in [0.29, 0.717) is 0 Å². The molecular weight excluding hydrogens is 284 g/mol. The summed E-state index contributed by atoms with van der Waals surface area (Å²) in [6.45, 7) is 2.05. The molecule has 0 aliphatic carbocycles. The van der Waals surface area contributed by atoms with E-state index < -0.39 is 0 Å². The van der Waals surface area contributed by atoms with Gasteiger partial charge in [0.2, 0.25) is 0 Å². The summed E-state index contributed by atoms with van der Waals surface area (Å²) in [4.78, 5) is 7.01. The van der Waals surface area contributed by atoms with Gasteiger partial charge in [0, 0.05) is 18.7 Å². The van der Waals surface area contributed by atoms with Gasteiger partial charge in [0.05, 0.1) is 12.8 Å². The Morgan fingerprint density at radius 1 is 1.00 bits per heavy atom. The summed E-state index contributed by atoms with van der Waals surface area (Å²) in [6, 6.07) is 17.8. The number of benzene rings is 2. The van der Waals surface area contributed by atoms with Crippen molar-refractivity contribution in [1.82, 2.24) is 4.90 Å². The van der Waals surface area contributed by atoms with Crippen molar-refractivity contribution in [1.29, 1.82) is 0 Å². The maximum Gasteiger partial charge on any atom is 0.182 e. The number of aliphatic imine (C=N–C) groups is 1. The van der Waals surface area contributed by atoms with Crippen LogP contribution >= 0.6 is 0 Å². The Labute approximate surface area is 137 Å². The average molecular weight is 304 g/mol. The Morgan fingerprint density at radius 2 is 1.70 bits per heavy atom. The summed E-state index contributed by atoms with van der Waals surface area (Å²) in [5.74, 6) is 8.15. The molecule has 23 heavy (non-hydrogen) atoms. The van der Waals surface area contributed by atoms with Gasteiger partial charge in [0.1, 0.15) is 5.75 Å². The Bertz CT molecular complexity index is 718. The second-order valence-corrected chi connectivity index (χ2v) is 5.44. The summed E-state index contributed by atoms with van der Waals surface area (Å²) in [5, 5.41) is 0. The molecule has 0 N–H and O–H groups in total. The fourth-order valence-corrected chi connectivity index (χ4v) is 2.54. The quantitative estimate of drug-likeness (QED) is 0.478. The third kappa shape index (κ3) is 4.14. The Kier molecular flexibility index (Phi) is 4.95. The van der Waals surface area contributed by atoms with E-state index in [1.54, 1.807) is 7.11 Å². The molecule has 0 saturated carbocycles. The van der Waals surface area contributed by atoms with E-state index in [4.69, 9.17) is 9.73 Å². The molecule has 3 rings (SSSR count). The molecule has 0 amide bonds. The maximum atomic E-state index is 5.19. The molecule has 1 saturated heterocycles. The summed E-state index contributed by atoms with van der Waals surface area (Å²) in [7, 11) is 1.67. The molecule has 1 heterocycles. The second kappa shape index (κ2) is 7.51. The highest BCUT2D eigenvalue weighted by atomic mass is 16.5. The van der Waals surface area contributed by atoms with Crippen molar-refractivity contribution in [2.45, 2.75) is 12.8 Å². The van der Waals surface area contributed by atoms with Crippen molar-refractivity contribution in [2.24, 2.45) is 4.99 Å². The largest absolute Gasteiger partial charge is 0.497 e. The molecule has 116 valence electrons. The molecule has 0 unspecified atom stereocenters. The van der Waals surface area contributed by atoms with E-state index in [2.05, 4.69) is 16.7 Å². The van der Waals surface area contributed by atoms with Crippen LogP contribution in [0.15, 0.2) is 59.6 Å². The number of hydrogen-bond acceptors (Lipinski definition) is 2. The summed E-state index contributed by atoms with van der Waals surface area (Å²) in [5.41, 5.74) is 1.91. The lowest BCUT2D eigenvalue weighted by Crippen LogP contribution is -2.26. The van der Waals surface area contributed by atoms with Crippen LogP contribution in [0.1, 0.15) is 18.4 Å². The molecule has 0 spiro atoms. The standard InChI is InChI=1S/C20H20N2O/c1-23-19-12-10-18(11-13-19)21-20(22-15-5-6-16-22)14-9-17-7-3-2-4-8-17/h2-4,7-8,10-13H,5-6,15-16H2,1H3. The first-order chi connectivity index (χ1) is 11.3. The predicted octanol–water partition coefficient (Wildman–Crippen LogP) is 3.87. The first-order valence-corrected chi connectivity index (χ1v) is 7.90. The van der Waals surface area contributed by atoms with Crippen LogP contribution in [-0.2, 0) is 0 Å². The highest BCUT2D eigenvalue weighted by Crippen LogP contribution is 2.19. The third-order valence-electron chi connectivity index (χ3n) is 3.81. The van der Waals surface area contributed by atoms with Crippen molar-refractivity contribution in [3.63, 3.8) is 0 Å². The lowest BCUT2D eigenvalue weighted by atomic mass is 10.2. The van der Waals surface area contributed by atoms with Gasteiger partial charge in [-0.1, -0.05) is 24.1 Å². The number of ether oxygens (including phenoxy) is 1. The lowest BCUT2D eigenvalue weighted by Gasteiger charge is -2.15. The molecule has 3 heteroatoms. The van der Waals surface area contributed by atoms with Gasteiger partial charge in [-0.3, -0.25) is 0 Å². The van der Waals surface area contributed by atoms with E-state index >= 15 is 0 Å². The first kappa shape index (κ1) is 15.2. The molecule has 0 bridgehead atoms. The van der Waals surface area contributed by atoms with Gasteiger partial charge in [0.25, 0.3) is 0 Å². The molecular formula is C20H20N2O. The van der Waals surface area contributed by atoms with Crippen molar-refractivity contribution in [3.05, 3.63) is 60.2 Å². The molecule has 1 fully saturated rings. The molecule has 0 atom stereocenters. The zero-order valence-electron chi connectivity index (χ0n) is 13.3. The van der Waals surface area contributed by atoms with E-state index in [9.17, 15) is 0 Å². The van der Waals surface area contributed by atoms with Crippen LogP contribution in [0.3, 0.4) is 0 Å². The maximum absolute atomic E-state index is 5.19. The van der Waals surface area contributed by atoms with E-state index in [1.807, 2.05) is 54.6 Å². The Morgan fingerprint density at radius 3 is 2.35 bits per heavy atom. The monoisotopic (exact) mass is 304 g/mol. The van der Waals surface area contributed by atoms with Crippen LogP contribution in [0.2, 0.25) is 0 Å². The molecule has 2 aromatic carbocycles. The van der Waals surface area contributed by atoms with Crippen LogP contribution in [-0.4, -0.2) is 30.9 Å². The van der Waals surface area contributed by atoms with Crippen LogP contribution in [0.25, 0.3) is 0 Å². The number of nitrogens with zero attached hydrogens (tertiary/aromatic N) is 2. The highest BCUT2D eigenvalue weighted by Gasteiger charge is 2.14. The van der Waals surface area contributed by atoms with E-state index in [1.165, 1.54) is 12.8 Å². The Balaban J connectivity index is 1.88. The van der Waals surface area contributed by atoms with Crippen LogP contribution < -0.4 is 4.74 Å². The van der Waals surface area contributed by atoms with Gasteiger partial charge >= 0.3 is 0 Å². The lowest BCUT2D eigenvalue weighted by molar-refractivity contribution is 0.415. The van der Waals surface area contributed by atoms with Crippen LogP contribution in [0.4, 0.5) is 5.69 Å². The fraction of sp³-hybridized carbons (Fsp3) is 0.250. The number of rotatable bonds is 2. The summed E-state index contributed by atoms with van der Waals surface area (Å²) in [6.07, 6.45) is 2.41. The topological polar surface area (TPSA) is 24.8 Å². The van der Waals surface area contributed by atoms with Gasteiger partial charge in [-0.15, -0.1) is 0 Å². The number of likely N-dealkylation sites (tertiary alicyclic amines) is 1. The average Bonchev–Trinajstić information content (AvgIpc) is 3.14. The second-order valence-electron chi connectivity index (χ2n) is 5.44. The zero-order chi connectivity index (χ0) is 15.9. The zero-order valence-corrected chi connectivity index (χ0v) is 13.3. The normalized spacial score (nSPS) is 14.3. The molecule has 0 radical (unpaired) electrons.